The van der Waals surface area contributed by atoms with Gasteiger partial charge in [0.25, 0.3) is 0 Å². The van der Waals surface area contributed by atoms with Crippen molar-refractivity contribution in [1.29, 1.82) is 0 Å². The Morgan fingerprint density at radius 1 is 1.07 bits per heavy atom. The molecule has 0 unspecified atom stereocenters. The van der Waals surface area contributed by atoms with Gasteiger partial charge in [0.05, 0.1) is 6.42 Å². The van der Waals surface area contributed by atoms with Crippen LogP contribution in [0, 0.1) is 0 Å². The third-order valence-corrected chi connectivity index (χ3v) is 5.24. The van der Waals surface area contributed by atoms with E-state index in [-0.39, 0.29) is 24.3 Å². The van der Waals surface area contributed by atoms with Gasteiger partial charge in [0.1, 0.15) is 6.04 Å². The van der Waals surface area contributed by atoms with Crippen LogP contribution in [0.25, 0.3) is 0 Å². The first-order valence-electron chi connectivity index (χ1n) is 9.89. The van der Waals surface area contributed by atoms with E-state index in [9.17, 15) is 9.59 Å². The molecule has 0 aromatic heterocycles. The molecule has 1 atom stereocenters. The van der Waals surface area contributed by atoms with Crippen LogP contribution in [-0.4, -0.2) is 35.3 Å². The monoisotopic (exact) mass is 434 g/mol. The lowest BCUT2D eigenvalue weighted by Gasteiger charge is -2.31. The lowest BCUT2D eigenvalue weighted by atomic mass is 10.1. The maximum absolute atomic E-state index is 13.2. The van der Waals surface area contributed by atoms with Crippen molar-refractivity contribution in [2.24, 2.45) is 0 Å². The standard InChI is InChI=1S/C23H28Cl2N2O2/c1-4-21(23(29)26-16(2)3)27(13-12-17-8-6-5-7-9-17)22(28)14-18-10-11-19(24)15-20(18)25/h5-11,15-16,21H,4,12-14H2,1-3H3,(H,26,29)/t21-/m1/s1. The minimum Gasteiger partial charge on any atom is -0.352 e. The number of carbonyl (C=O) groups is 2. The largest absolute Gasteiger partial charge is 0.352 e. The van der Waals surface area contributed by atoms with Crippen molar-refractivity contribution in [2.45, 2.75) is 52.1 Å². The van der Waals surface area contributed by atoms with Gasteiger partial charge >= 0.3 is 0 Å². The van der Waals surface area contributed by atoms with Crippen LogP contribution >= 0.6 is 23.2 Å². The van der Waals surface area contributed by atoms with Gasteiger partial charge in [-0.1, -0.05) is 66.5 Å². The molecule has 0 aliphatic carbocycles. The van der Waals surface area contributed by atoms with Crippen molar-refractivity contribution < 1.29 is 9.59 Å². The summed E-state index contributed by atoms with van der Waals surface area (Å²) >= 11 is 12.2. The first kappa shape index (κ1) is 23.2. The number of halogens is 2. The molecule has 156 valence electrons. The van der Waals surface area contributed by atoms with E-state index in [1.807, 2.05) is 51.1 Å². The molecular weight excluding hydrogens is 407 g/mol. The minimum atomic E-state index is -0.528. The molecule has 6 heteroatoms. The summed E-state index contributed by atoms with van der Waals surface area (Å²) in [6, 6.07) is 14.5. The smallest absolute Gasteiger partial charge is 0.242 e. The molecule has 29 heavy (non-hydrogen) atoms. The normalized spacial score (nSPS) is 11.9. The number of carbonyl (C=O) groups excluding carboxylic acids is 2. The molecular formula is C23H28Cl2N2O2. The molecule has 2 amide bonds. The average Bonchev–Trinajstić information content (AvgIpc) is 2.67. The Morgan fingerprint density at radius 2 is 1.76 bits per heavy atom. The molecule has 2 aromatic carbocycles. The Morgan fingerprint density at radius 3 is 2.34 bits per heavy atom. The Balaban J connectivity index is 2.23. The van der Waals surface area contributed by atoms with E-state index >= 15 is 0 Å². The summed E-state index contributed by atoms with van der Waals surface area (Å²) in [6.07, 6.45) is 1.33. The first-order chi connectivity index (χ1) is 13.8. The molecule has 0 saturated carbocycles. The summed E-state index contributed by atoms with van der Waals surface area (Å²) in [4.78, 5) is 27.6. The predicted molar refractivity (Wildman–Crippen MR) is 119 cm³/mol. The summed E-state index contributed by atoms with van der Waals surface area (Å²) in [7, 11) is 0. The van der Waals surface area contributed by atoms with Crippen molar-refractivity contribution in [3.05, 3.63) is 69.7 Å². The third-order valence-electron chi connectivity index (χ3n) is 4.66. The van der Waals surface area contributed by atoms with Gasteiger partial charge in [0, 0.05) is 22.6 Å². The Labute approximate surface area is 183 Å². The van der Waals surface area contributed by atoms with Gasteiger partial charge in [-0.2, -0.15) is 0 Å². The summed E-state index contributed by atoms with van der Waals surface area (Å²) in [5.74, 6) is -0.262. The summed E-state index contributed by atoms with van der Waals surface area (Å²) in [5, 5.41) is 3.91. The number of hydrogen-bond donors (Lipinski definition) is 1. The Hall–Kier alpha value is -2.04. The second-order valence-electron chi connectivity index (χ2n) is 7.32. The topological polar surface area (TPSA) is 49.4 Å². The predicted octanol–water partition coefficient (Wildman–Crippen LogP) is 4.91. The average molecular weight is 435 g/mol. The van der Waals surface area contributed by atoms with E-state index in [2.05, 4.69) is 5.32 Å². The van der Waals surface area contributed by atoms with Crippen LogP contribution in [-0.2, 0) is 22.4 Å². The fourth-order valence-corrected chi connectivity index (χ4v) is 3.68. The molecule has 0 aliphatic rings. The highest BCUT2D eigenvalue weighted by Gasteiger charge is 2.28. The molecule has 1 N–H and O–H groups in total. The molecule has 0 spiro atoms. The van der Waals surface area contributed by atoms with E-state index < -0.39 is 6.04 Å². The van der Waals surface area contributed by atoms with Gasteiger partial charge < -0.3 is 10.2 Å². The van der Waals surface area contributed by atoms with Crippen LogP contribution < -0.4 is 5.32 Å². The second kappa shape index (κ2) is 11.2. The molecule has 4 nitrogen and oxygen atoms in total. The molecule has 0 aliphatic heterocycles. The zero-order valence-electron chi connectivity index (χ0n) is 17.1. The van der Waals surface area contributed by atoms with E-state index in [4.69, 9.17) is 23.2 Å². The highest BCUT2D eigenvalue weighted by molar-refractivity contribution is 6.35. The van der Waals surface area contributed by atoms with Crippen LogP contribution in [0.1, 0.15) is 38.3 Å². The van der Waals surface area contributed by atoms with Crippen LogP contribution in [0.3, 0.4) is 0 Å². The second-order valence-corrected chi connectivity index (χ2v) is 8.17. The lowest BCUT2D eigenvalue weighted by Crippen LogP contribution is -2.51. The van der Waals surface area contributed by atoms with Crippen LogP contribution in [0.15, 0.2) is 48.5 Å². The van der Waals surface area contributed by atoms with Gasteiger partial charge in [-0.3, -0.25) is 9.59 Å². The van der Waals surface area contributed by atoms with Crippen molar-refractivity contribution >= 4 is 35.0 Å². The number of rotatable bonds is 9. The highest BCUT2D eigenvalue weighted by Crippen LogP contribution is 2.22. The van der Waals surface area contributed by atoms with Crippen molar-refractivity contribution in [3.63, 3.8) is 0 Å². The first-order valence-corrected chi connectivity index (χ1v) is 10.6. The maximum Gasteiger partial charge on any atom is 0.242 e. The Bertz CT molecular complexity index is 825. The highest BCUT2D eigenvalue weighted by atomic mass is 35.5. The maximum atomic E-state index is 13.2. The van der Waals surface area contributed by atoms with Crippen molar-refractivity contribution in [1.82, 2.24) is 10.2 Å². The van der Waals surface area contributed by atoms with E-state index in [0.29, 0.717) is 35.0 Å². The number of nitrogens with zero attached hydrogens (tertiary/aromatic N) is 1. The lowest BCUT2D eigenvalue weighted by molar-refractivity contribution is -0.140. The van der Waals surface area contributed by atoms with Gasteiger partial charge in [0.15, 0.2) is 0 Å². The zero-order chi connectivity index (χ0) is 21.4. The number of amides is 2. The quantitative estimate of drug-likeness (QED) is 0.609. The Kier molecular flexibility index (Phi) is 8.99. The van der Waals surface area contributed by atoms with Crippen molar-refractivity contribution in [3.8, 4) is 0 Å². The van der Waals surface area contributed by atoms with Gasteiger partial charge in [-0.15, -0.1) is 0 Å². The summed E-state index contributed by atoms with van der Waals surface area (Å²) in [6.45, 7) is 6.20. The SMILES string of the molecule is CC[C@H](C(=O)NC(C)C)N(CCc1ccccc1)C(=O)Cc1ccc(Cl)cc1Cl. The summed E-state index contributed by atoms with van der Waals surface area (Å²) < 4.78 is 0. The minimum absolute atomic E-state index is 0.00772. The molecule has 0 fully saturated rings. The van der Waals surface area contributed by atoms with E-state index in [1.165, 1.54) is 0 Å². The van der Waals surface area contributed by atoms with E-state index in [0.717, 1.165) is 5.56 Å². The van der Waals surface area contributed by atoms with Gasteiger partial charge in [-0.05, 0) is 49.9 Å². The van der Waals surface area contributed by atoms with Crippen LogP contribution in [0.2, 0.25) is 10.0 Å². The molecule has 0 radical (unpaired) electrons. The van der Waals surface area contributed by atoms with Gasteiger partial charge in [0.2, 0.25) is 11.8 Å². The molecule has 0 heterocycles. The molecule has 2 rings (SSSR count). The van der Waals surface area contributed by atoms with Crippen LogP contribution in [0.4, 0.5) is 0 Å². The van der Waals surface area contributed by atoms with Crippen molar-refractivity contribution in [2.75, 3.05) is 6.54 Å². The molecule has 0 saturated heterocycles. The number of hydrogen-bond acceptors (Lipinski definition) is 2. The number of benzene rings is 2. The summed E-state index contributed by atoms with van der Waals surface area (Å²) in [5.41, 5.74) is 1.82. The zero-order valence-corrected chi connectivity index (χ0v) is 18.6. The third kappa shape index (κ3) is 7.06. The molecule has 0 bridgehead atoms. The molecule has 2 aromatic rings. The fourth-order valence-electron chi connectivity index (χ4n) is 3.21. The fraction of sp³-hybridized carbons (Fsp3) is 0.391. The van der Waals surface area contributed by atoms with Gasteiger partial charge in [-0.25, -0.2) is 0 Å². The van der Waals surface area contributed by atoms with Crippen LogP contribution in [0.5, 0.6) is 0 Å². The van der Waals surface area contributed by atoms with E-state index in [1.54, 1.807) is 23.1 Å². The number of nitrogens with one attached hydrogen (secondary N) is 1.